The maximum Gasteiger partial charge on any atom is 0.240 e. The van der Waals surface area contributed by atoms with E-state index in [4.69, 9.17) is 4.74 Å². The summed E-state index contributed by atoms with van der Waals surface area (Å²) in [7, 11) is -2.33. The quantitative estimate of drug-likeness (QED) is 0.321. The molecule has 1 heterocycles. The van der Waals surface area contributed by atoms with E-state index in [9.17, 15) is 23.6 Å². The molecule has 0 amide bonds. The highest BCUT2D eigenvalue weighted by Gasteiger charge is 2.23. The van der Waals surface area contributed by atoms with Gasteiger partial charge in [0.1, 0.15) is 5.52 Å². The molecule has 154 valence electrons. The minimum Gasteiger partial charge on any atom is -0.595 e. The van der Waals surface area contributed by atoms with Crippen molar-refractivity contribution in [2.45, 2.75) is 18.2 Å². The van der Waals surface area contributed by atoms with Crippen LogP contribution in [0.15, 0.2) is 47.4 Å². The lowest BCUT2D eigenvalue weighted by Crippen LogP contribution is -2.99. The molecule has 0 spiro atoms. The van der Waals surface area contributed by atoms with Crippen LogP contribution in [-0.4, -0.2) is 38.0 Å². The number of quaternary nitrogens is 1. The Balaban J connectivity index is 1.95. The molecule has 0 aliphatic rings. The first-order chi connectivity index (χ1) is 13.8. The Morgan fingerprint density at radius 1 is 1.24 bits per heavy atom. The second kappa shape index (κ2) is 8.31. The lowest BCUT2D eigenvalue weighted by molar-refractivity contribution is -0.990. The number of fused-ring (bicyclic) bond motifs is 1. The summed E-state index contributed by atoms with van der Waals surface area (Å²) in [6, 6.07) is 11.1. The Hall–Kier alpha value is -2.76. The van der Waals surface area contributed by atoms with Crippen molar-refractivity contribution in [2.75, 3.05) is 13.7 Å². The van der Waals surface area contributed by atoms with Crippen molar-refractivity contribution in [2.24, 2.45) is 0 Å². The molecular formula is C19H21N3O6S. The van der Waals surface area contributed by atoms with Gasteiger partial charge in [-0.15, -0.1) is 0 Å². The van der Waals surface area contributed by atoms with Crippen LogP contribution in [-0.2, 0) is 16.4 Å². The number of hydrogen-bond donors (Lipinski definition) is 4. The molecule has 0 aliphatic heterocycles. The van der Waals surface area contributed by atoms with E-state index in [-0.39, 0.29) is 46.3 Å². The number of aromatic amines is 1. The zero-order chi connectivity index (χ0) is 21.2. The molecule has 4 N–H and O–H groups in total. The minimum atomic E-state index is -3.69. The Kier molecular flexibility index (Phi) is 6.01. The molecule has 0 radical (unpaired) electrons. The SMILES string of the molecule is COc1ccc2c(CCNS(=O)(=O)c3ccccc3)c(C(C)=O)[nH]c2c1[NH+]([O-])O. The summed E-state index contributed by atoms with van der Waals surface area (Å²) in [4.78, 5) is 15.1. The fourth-order valence-electron chi connectivity index (χ4n) is 3.24. The van der Waals surface area contributed by atoms with Gasteiger partial charge in [-0.05, 0) is 36.2 Å². The van der Waals surface area contributed by atoms with Crippen molar-refractivity contribution in [3.8, 4) is 5.75 Å². The Bertz CT molecular complexity index is 1140. The van der Waals surface area contributed by atoms with Gasteiger partial charge in [-0.1, -0.05) is 18.2 Å². The lowest BCUT2D eigenvalue weighted by Gasteiger charge is -2.15. The predicted molar refractivity (Wildman–Crippen MR) is 106 cm³/mol. The van der Waals surface area contributed by atoms with Crippen LogP contribution in [0, 0.1) is 5.21 Å². The fourth-order valence-corrected chi connectivity index (χ4v) is 4.29. The van der Waals surface area contributed by atoms with Crippen molar-refractivity contribution in [3.63, 3.8) is 0 Å². The van der Waals surface area contributed by atoms with E-state index in [1.807, 2.05) is 0 Å². The highest BCUT2D eigenvalue weighted by Crippen LogP contribution is 2.33. The van der Waals surface area contributed by atoms with E-state index < -0.39 is 15.2 Å². The van der Waals surface area contributed by atoms with Gasteiger partial charge in [0.15, 0.2) is 11.5 Å². The van der Waals surface area contributed by atoms with Crippen LogP contribution in [0.25, 0.3) is 10.9 Å². The van der Waals surface area contributed by atoms with Gasteiger partial charge in [-0.25, -0.2) is 18.3 Å². The first-order valence-electron chi connectivity index (χ1n) is 8.76. The van der Waals surface area contributed by atoms with Crippen molar-refractivity contribution < 1.29 is 28.4 Å². The van der Waals surface area contributed by atoms with Crippen molar-refractivity contribution >= 4 is 32.4 Å². The molecule has 0 fully saturated rings. The van der Waals surface area contributed by atoms with Gasteiger partial charge in [-0.2, -0.15) is 5.23 Å². The number of benzene rings is 2. The number of nitrogens with one attached hydrogen (secondary N) is 3. The van der Waals surface area contributed by atoms with E-state index in [1.165, 1.54) is 32.2 Å². The van der Waals surface area contributed by atoms with Crippen LogP contribution in [0.2, 0.25) is 0 Å². The molecule has 0 saturated carbocycles. The molecule has 3 rings (SSSR count). The Labute approximate surface area is 167 Å². The van der Waals surface area contributed by atoms with Crippen molar-refractivity contribution in [1.29, 1.82) is 0 Å². The first kappa shape index (κ1) is 21.0. The number of carbonyl (C=O) groups is 1. The standard InChI is InChI=1S/C19H21N3O6S/c1-12(23)17-15(10-11-20-29(26,27)13-6-4-3-5-7-13)14-8-9-16(28-2)19(22(24)25)18(14)21-17/h3-9,20-22,24H,10-11H2,1-2H3. The molecule has 10 heteroatoms. The summed E-state index contributed by atoms with van der Waals surface area (Å²) >= 11 is 0. The lowest BCUT2D eigenvalue weighted by atomic mass is 10.0. The minimum absolute atomic E-state index is 0.0406. The largest absolute Gasteiger partial charge is 0.595 e. The summed E-state index contributed by atoms with van der Waals surface area (Å²) in [5.41, 5.74) is 0.981. The van der Waals surface area contributed by atoms with Gasteiger partial charge >= 0.3 is 0 Å². The number of ether oxygens (including phenoxy) is 1. The second-order valence-electron chi connectivity index (χ2n) is 6.37. The predicted octanol–water partition coefficient (Wildman–Crippen LogP) is 1.30. The van der Waals surface area contributed by atoms with Gasteiger partial charge in [0.25, 0.3) is 0 Å². The first-order valence-corrected chi connectivity index (χ1v) is 10.2. The summed E-state index contributed by atoms with van der Waals surface area (Å²) in [6.45, 7) is 1.40. The van der Waals surface area contributed by atoms with Crippen LogP contribution in [0.5, 0.6) is 5.75 Å². The van der Waals surface area contributed by atoms with E-state index in [0.717, 1.165) is 0 Å². The van der Waals surface area contributed by atoms with Gasteiger partial charge in [0.2, 0.25) is 15.7 Å². The molecule has 1 aromatic heterocycles. The second-order valence-corrected chi connectivity index (χ2v) is 8.13. The normalized spacial score (nSPS) is 12.8. The summed E-state index contributed by atoms with van der Waals surface area (Å²) in [5, 5.41) is 20.6. The highest BCUT2D eigenvalue weighted by atomic mass is 32.2. The molecule has 0 aliphatic carbocycles. The van der Waals surface area contributed by atoms with Crippen LogP contribution in [0.1, 0.15) is 23.0 Å². The molecule has 1 unspecified atom stereocenters. The maximum absolute atomic E-state index is 12.4. The monoisotopic (exact) mass is 419 g/mol. The van der Waals surface area contributed by atoms with Gasteiger partial charge in [0, 0.05) is 18.9 Å². The summed E-state index contributed by atoms with van der Waals surface area (Å²) in [6.07, 6.45) is 0.201. The summed E-state index contributed by atoms with van der Waals surface area (Å²) < 4.78 is 32.4. The zero-order valence-corrected chi connectivity index (χ0v) is 16.7. The third-order valence-electron chi connectivity index (χ3n) is 4.55. The van der Waals surface area contributed by atoms with E-state index in [2.05, 4.69) is 9.71 Å². The molecule has 1 atom stereocenters. The molecule has 29 heavy (non-hydrogen) atoms. The molecule has 0 bridgehead atoms. The molecular weight excluding hydrogens is 398 g/mol. The fraction of sp³-hybridized carbons (Fsp3) is 0.211. The molecule has 3 aromatic rings. The number of aromatic nitrogens is 1. The Morgan fingerprint density at radius 3 is 2.52 bits per heavy atom. The average Bonchev–Trinajstić information content (AvgIpc) is 3.06. The average molecular weight is 419 g/mol. The topological polar surface area (TPSA) is 136 Å². The van der Waals surface area contributed by atoms with Gasteiger partial charge in [-0.3, -0.25) is 4.79 Å². The van der Waals surface area contributed by atoms with Gasteiger partial charge in [0.05, 0.1) is 17.7 Å². The van der Waals surface area contributed by atoms with Gasteiger partial charge < -0.3 is 14.9 Å². The smallest absolute Gasteiger partial charge is 0.240 e. The number of methoxy groups -OCH3 is 1. The molecule has 9 nitrogen and oxygen atoms in total. The zero-order valence-electron chi connectivity index (χ0n) is 15.9. The van der Waals surface area contributed by atoms with Crippen molar-refractivity contribution in [3.05, 3.63) is 58.9 Å². The number of ketones is 1. The number of H-pyrrole nitrogens is 1. The maximum atomic E-state index is 12.4. The molecule has 0 saturated heterocycles. The highest BCUT2D eigenvalue weighted by molar-refractivity contribution is 7.89. The number of sulfonamides is 1. The van der Waals surface area contributed by atoms with E-state index >= 15 is 0 Å². The van der Waals surface area contributed by atoms with Crippen LogP contribution < -0.4 is 14.7 Å². The number of rotatable bonds is 8. The summed E-state index contributed by atoms with van der Waals surface area (Å²) in [5.74, 6) is -0.116. The van der Waals surface area contributed by atoms with Crippen LogP contribution >= 0.6 is 0 Å². The third-order valence-corrected chi connectivity index (χ3v) is 6.03. The van der Waals surface area contributed by atoms with Crippen molar-refractivity contribution in [1.82, 2.24) is 9.71 Å². The number of hydrogen-bond acceptors (Lipinski definition) is 6. The Morgan fingerprint density at radius 2 is 1.93 bits per heavy atom. The third kappa shape index (κ3) is 4.16. The van der Waals surface area contributed by atoms with E-state index in [0.29, 0.717) is 10.9 Å². The molecule has 2 aromatic carbocycles. The number of carbonyl (C=O) groups excluding carboxylic acids is 1. The van der Waals surface area contributed by atoms with Crippen LogP contribution in [0.3, 0.4) is 0 Å². The van der Waals surface area contributed by atoms with Crippen LogP contribution in [0.4, 0.5) is 5.69 Å². The number of Topliss-reactive ketones (excluding diaryl/α,β-unsaturated/α-hetero) is 1. The van der Waals surface area contributed by atoms with E-state index in [1.54, 1.807) is 24.3 Å².